The van der Waals surface area contributed by atoms with Gasteiger partial charge in [-0.05, 0) is 19.1 Å². The molecule has 1 heterocycles. The van der Waals surface area contributed by atoms with Crippen molar-refractivity contribution in [2.24, 2.45) is 14.1 Å². The molecule has 0 aliphatic carbocycles. The molecule has 1 aromatic rings. The summed E-state index contributed by atoms with van der Waals surface area (Å²) in [4.78, 5) is 22.9. The first kappa shape index (κ1) is 11.6. The van der Waals surface area contributed by atoms with Crippen LogP contribution in [0.15, 0.2) is 4.79 Å². The minimum atomic E-state index is -0.733. The molecule has 7 heteroatoms. The van der Waals surface area contributed by atoms with Crippen molar-refractivity contribution in [1.29, 1.82) is 0 Å². The fraction of sp³-hybridized carbons (Fsp3) is 0.500. The van der Waals surface area contributed by atoms with Crippen LogP contribution < -0.4 is 5.56 Å². The quantitative estimate of drug-likeness (QED) is 0.528. The highest BCUT2D eigenvalue weighted by molar-refractivity contribution is 7.71. The Labute approximate surface area is 91.1 Å². The van der Waals surface area contributed by atoms with E-state index >= 15 is 0 Å². The van der Waals surface area contributed by atoms with Gasteiger partial charge in [-0.3, -0.25) is 9.36 Å². The van der Waals surface area contributed by atoms with E-state index in [4.69, 9.17) is 17.0 Å². The van der Waals surface area contributed by atoms with Gasteiger partial charge in [0.25, 0.3) is 5.56 Å². The molecule has 1 aromatic heterocycles. The lowest BCUT2D eigenvalue weighted by molar-refractivity contribution is 0.0513. The summed E-state index contributed by atoms with van der Waals surface area (Å²) in [5, 5.41) is 3.76. The van der Waals surface area contributed by atoms with Crippen LogP contribution in [-0.4, -0.2) is 26.9 Å². The maximum atomic E-state index is 11.6. The molecule has 0 fully saturated rings. The molecule has 1 rings (SSSR count). The van der Waals surface area contributed by atoms with Crippen LogP contribution in [0, 0.1) is 4.77 Å². The zero-order chi connectivity index (χ0) is 11.6. The third-order valence-electron chi connectivity index (χ3n) is 1.79. The van der Waals surface area contributed by atoms with Gasteiger partial charge in [0.15, 0.2) is 4.77 Å². The van der Waals surface area contributed by atoms with Crippen LogP contribution in [0.5, 0.6) is 0 Å². The molecule has 0 amide bonds. The molecule has 0 radical (unpaired) electrons. The first-order chi connectivity index (χ1) is 6.99. The van der Waals surface area contributed by atoms with E-state index in [-0.39, 0.29) is 17.1 Å². The van der Waals surface area contributed by atoms with Gasteiger partial charge in [-0.2, -0.15) is 5.10 Å². The molecule has 0 atom stereocenters. The fourth-order valence-electron chi connectivity index (χ4n) is 1.03. The van der Waals surface area contributed by atoms with E-state index in [2.05, 4.69) is 5.10 Å². The number of ether oxygens (including phenoxy) is 1. The number of carbonyl (C=O) groups is 1. The number of hydrogen-bond donors (Lipinski definition) is 0. The van der Waals surface area contributed by atoms with Gasteiger partial charge in [0, 0.05) is 14.1 Å². The second-order valence-corrected chi connectivity index (χ2v) is 3.20. The predicted molar refractivity (Wildman–Crippen MR) is 55.2 cm³/mol. The summed E-state index contributed by atoms with van der Waals surface area (Å²) in [6.07, 6.45) is 0. The van der Waals surface area contributed by atoms with E-state index in [1.165, 1.54) is 16.3 Å². The van der Waals surface area contributed by atoms with E-state index in [9.17, 15) is 9.59 Å². The van der Waals surface area contributed by atoms with Crippen LogP contribution in [0.2, 0.25) is 0 Å². The summed E-state index contributed by atoms with van der Waals surface area (Å²) in [7, 11) is 3.04. The van der Waals surface area contributed by atoms with Gasteiger partial charge in [0.2, 0.25) is 5.69 Å². The Kier molecular flexibility index (Phi) is 3.35. The Morgan fingerprint density at radius 2 is 2.13 bits per heavy atom. The molecular weight excluding hydrogens is 218 g/mol. The van der Waals surface area contributed by atoms with Crippen LogP contribution in [0.3, 0.4) is 0 Å². The summed E-state index contributed by atoms with van der Waals surface area (Å²) in [6.45, 7) is 1.85. The minimum absolute atomic E-state index is 0.197. The molecule has 0 aliphatic rings. The van der Waals surface area contributed by atoms with Crippen molar-refractivity contribution in [1.82, 2.24) is 14.3 Å². The Morgan fingerprint density at radius 1 is 1.53 bits per heavy atom. The number of aromatic nitrogens is 3. The third kappa shape index (κ3) is 2.12. The van der Waals surface area contributed by atoms with Crippen molar-refractivity contribution in [2.75, 3.05) is 6.61 Å². The monoisotopic (exact) mass is 229 g/mol. The van der Waals surface area contributed by atoms with E-state index in [0.717, 1.165) is 0 Å². The van der Waals surface area contributed by atoms with E-state index in [1.54, 1.807) is 14.0 Å². The number of aryl methyl sites for hydroxylation is 1. The second kappa shape index (κ2) is 4.35. The van der Waals surface area contributed by atoms with E-state index < -0.39 is 11.5 Å². The van der Waals surface area contributed by atoms with Crippen LogP contribution in [-0.2, 0) is 18.8 Å². The summed E-state index contributed by atoms with van der Waals surface area (Å²) < 4.78 is 7.40. The Bertz CT molecular complexity index is 503. The Morgan fingerprint density at radius 3 is 2.67 bits per heavy atom. The van der Waals surface area contributed by atoms with Gasteiger partial charge >= 0.3 is 5.97 Å². The molecule has 82 valence electrons. The lowest BCUT2D eigenvalue weighted by atomic mass is 10.4. The normalized spacial score (nSPS) is 10.1. The highest BCUT2D eigenvalue weighted by Gasteiger charge is 2.16. The molecular formula is C8H11N3O3S. The molecule has 0 saturated heterocycles. The van der Waals surface area contributed by atoms with Crippen LogP contribution in [0.1, 0.15) is 17.4 Å². The molecule has 15 heavy (non-hydrogen) atoms. The molecule has 0 aliphatic heterocycles. The SMILES string of the molecule is CCOC(=O)c1nn(C)c(=S)n(C)c1=O. The minimum Gasteiger partial charge on any atom is -0.461 e. The van der Waals surface area contributed by atoms with Crippen LogP contribution in [0.25, 0.3) is 0 Å². The van der Waals surface area contributed by atoms with Crippen molar-refractivity contribution in [3.8, 4) is 0 Å². The molecule has 6 nitrogen and oxygen atoms in total. The third-order valence-corrected chi connectivity index (χ3v) is 2.33. The number of hydrogen-bond acceptors (Lipinski definition) is 5. The molecule has 0 spiro atoms. The van der Waals surface area contributed by atoms with Crippen LogP contribution >= 0.6 is 12.2 Å². The largest absolute Gasteiger partial charge is 0.461 e. The van der Waals surface area contributed by atoms with E-state index in [0.29, 0.717) is 0 Å². The molecule has 0 saturated carbocycles. The van der Waals surface area contributed by atoms with Gasteiger partial charge in [0.05, 0.1) is 6.61 Å². The van der Waals surface area contributed by atoms with Gasteiger partial charge < -0.3 is 4.74 Å². The number of esters is 1. The summed E-state index contributed by atoms with van der Waals surface area (Å²) in [5.41, 5.74) is -0.799. The highest BCUT2D eigenvalue weighted by atomic mass is 32.1. The van der Waals surface area contributed by atoms with Crippen molar-refractivity contribution in [2.45, 2.75) is 6.92 Å². The maximum absolute atomic E-state index is 11.6. The lowest BCUT2D eigenvalue weighted by Gasteiger charge is -2.05. The first-order valence-electron chi connectivity index (χ1n) is 4.30. The Balaban J connectivity index is 3.39. The van der Waals surface area contributed by atoms with Gasteiger partial charge in [-0.15, -0.1) is 0 Å². The standard InChI is InChI=1S/C8H11N3O3S/c1-4-14-7(13)5-6(12)10(2)8(15)11(3)9-5/h4H2,1-3H3. The summed E-state index contributed by atoms with van der Waals surface area (Å²) in [5.74, 6) is -0.733. The first-order valence-corrected chi connectivity index (χ1v) is 4.71. The summed E-state index contributed by atoms with van der Waals surface area (Å²) >= 11 is 4.90. The van der Waals surface area contributed by atoms with Crippen molar-refractivity contribution in [3.63, 3.8) is 0 Å². The number of rotatable bonds is 2. The van der Waals surface area contributed by atoms with E-state index in [1.807, 2.05) is 0 Å². The average Bonchev–Trinajstić information content (AvgIpc) is 2.20. The van der Waals surface area contributed by atoms with Crippen LogP contribution in [0.4, 0.5) is 0 Å². The Hall–Kier alpha value is -1.50. The zero-order valence-corrected chi connectivity index (χ0v) is 9.50. The van der Waals surface area contributed by atoms with Crippen molar-refractivity contribution >= 4 is 18.2 Å². The average molecular weight is 229 g/mol. The zero-order valence-electron chi connectivity index (χ0n) is 8.68. The maximum Gasteiger partial charge on any atom is 0.364 e. The van der Waals surface area contributed by atoms with Gasteiger partial charge in [-0.1, -0.05) is 0 Å². The van der Waals surface area contributed by atoms with Crippen molar-refractivity contribution in [3.05, 3.63) is 20.8 Å². The van der Waals surface area contributed by atoms with Gasteiger partial charge in [0.1, 0.15) is 0 Å². The van der Waals surface area contributed by atoms with Gasteiger partial charge in [-0.25, -0.2) is 9.48 Å². The summed E-state index contributed by atoms with van der Waals surface area (Å²) in [6, 6.07) is 0. The predicted octanol–water partition coefficient (Wildman–Crippen LogP) is 0.0250. The topological polar surface area (TPSA) is 66.1 Å². The smallest absolute Gasteiger partial charge is 0.364 e. The number of carbonyl (C=O) groups excluding carboxylic acids is 1. The second-order valence-electron chi connectivity index (χ2n) is 2.84. The molecule has 0 aromatic carbocycles. The fourth-order valence-corrected chi connectivity index (χ4v) is 1.15. The van der Waals surface area contributed by atoms with Crippen molar-refractivity contribution < 1.29 is 9.53 Å². The molecule has 0 bridgehead atoms. The molecule has 0 N–H and O–H groups in total. The molecule has 0 unspecified atom stereocenters. The highest BCUT2D eigenvalue weighted by Crippen LogP contribution is 1.91. The number of nitrogens with zero attached hydrogens (tertiary/aromatic N) is 3. The lowest BCUT2D eigenvalue weighted by Crippen LogP contribution is -2.31.